The molecule has 0 atom stereocenters. The SMILES string of the molecule is CSc1cccc(NC(=O)NCc2cccnc2N2CCCCC2)c1. The standard InChI is InChI=1S/C19H24N4OS/c1-25-17-9-5-8-16(13-17)22-19(24)21-14-15-7-6-10-20-18(15)23-11-3-2-4-12-23/h5-10,13H,2-4,11-12,14H2,1H3,(H2,21,22,24). The molecule has 132 valence electrons. The fourth-order valence-corrected chi connectivity index (χ4v) is 3.47. The average Bonchev–Trinajstić information content (AvgIpc) is 2.67. The van der Waals surface area contributed by atoms with Gasteiger partial charge in [0.05, 0.1) is 0 Å². The number of aromatic nitrogens is 1. The Balaban J connectivity index is 1.60. The number of carbonyl (C=O) groups is 1. The van der Waals surface area contributed by atoms with Gasteiger partial charge in [-0.3, -0.25) is 0 Å². The third-order valence-electron chi connectivity index (χ3n) is 4.29. The molecule has 25 heavy (non-hydrogen) atoms. The van der Waals surface area contributed by atoms with Gasteiger partial charge in [0.2, 0.25) is 0 Å². The highest BCUT2D eigenvalue weighted by Crippen LogP contribution is 2.22. The van der Waals surface area contributed by atoms with Crippen molar-refractivity contribution < 1.29 is 4.79 Å². The van der Waals surface area contributed by atoms with E-state index in [1.807, 2.05) is 48.9 Å². The third kappa shape index (κ3) is 4.89. The molecule has 5 nitrogen and oxygen atoms in total. The van der Waals surface area contributed by atoms with Crippen LogP contribution in [-0.2, 0) is 6.54 Å². The Morgan fingerprint density at radius 1 is 1.20 bits per heavy atom. The van der Waals surface area contributed by atoms with Gasteiger partial charge in [-0.25, -0.2) is 9.78 Å². The van der Waals surface area contributed by atoms with Crippen molar-refractivity contribution in [2.75, 3.05) is 29.6 Å². The highest BCUT2D eigenvalue weighted by molar-refractivity contribution is 7.98. The van der Waals surface area contributed by atoms with Crippen molar-refractivity contribution in [2.24, 2.45) is 0 Å². The largest absolute Gasteiger partial charge is 0.356 e. The summed E-state index contributed by atoms with van der Waals surface area (Å²) >= 11 is 1.65. The van der Waals surface area contributed by atoms with E-state index in [-0.39, 0.29) is 6.03 Å². The lowest BCUT2D eigenvalue weighted by Gasteiger charge is -2.29. The topological polar surface area (TPSA) is 57.3 Å². The Labute approximate surface area is 153 Å². The molecule has 0 spiro atoms. The normalized spacial score (nSPS) is 14.2. The molecule has 0 bridgehead atoms. The van der Waals surface area contributed by atoms with Gasteiger partial charge in [-0.2, -0.15) is 0 Å². The van der Waals surface area contributed by atoms with Crippen LogP contribution in [0.1, 0.15) is 24.8 Å². The van der Waals surface area contributed by atoms with E-state index in [9.17, 15) is 4.79 Å². The Hall–Kier alpha value is -2.21. The summed E-state index contributed by atoms with van der Waals surface area (Å²) in [4.78, 5) is 20.2. The van der Waals surface area contributed by atoms with Crippen LogP contribution in [0.5, 0.6) is 0 Å². The van der Waals surface area contributed by atoms with Gasteiger partial charge >= 0.3 is 6.03 Å². The number of nitrogens with one attached hydrogen (secondary N) is 2. The first-order valence-corrected chi connectivity index (χ1v) is 9.86. The van der Waals surface area contributed by atoms with Gasteiger partial charge in [-0.15, -0.1) is 11.8 Å². The van der Waals surface area contributed by atoms with Crippen molar-refractivity contribution in [3.05, 3.63) is 48.2 Å². The lowest BCUT2D eigenvalue weighted by molar-refractivity contribution is 0.251. The number of pyridine rings is 1. The number of amides is 2. The van der Waals surface area contributed by atoms with Gasteiger partial charge in [0, 0.05) is 42.0 Å². The molecule has 2 aromatic rings. The molecule has 1 fully saturated rings. The van der Waals surface area contributed by atoms with E-state index in [0.29, 0.717) is 6.54 Å². The molecule has 0 saturated carbocycles. The molecule has 1 aliphatic rings. The molecule has 0 radical (unpaired) electrons. The van der Waals surface area contributed by atoms with Crippen molar-refractivity contribution >= 4 is 29.3 Å². The summed E-state index contributed by atoms with van der Waals surface area (Å²) < 4.78 is 0. The maximum atomic E-state index is 12.2. The maximum absolute atomic E-state index is 12.2. The lowest BCUT2D eigenvalue weighted by Crippen LogP contribution is -2.33. The van der Waals surface area contributed by atoms with Crippen LogP contribution < -0.4 is 15.5 Å². The Kier molecular flexibility index (Phi) is 6.17. The molecule has 1 aromatic heterocycles. The molecular weight excluding hydrogens is 332 g/mol. The van der Waals surface area contributed by atoms with E-state index in [0.717, 1.165) is 35.1 Å². The van der Waals surface area contributed by atoms with Gasteiger partial charge in [-0.1, -0.05) is 12.1 Å². The van der Waals surface area contributed by atoms with Crippen LogP contribution in [0.2, 0.25) is 0 Å². The van der Waals surface area contributed by atoms with Crippen LogP contribution in [0.25, 0.3) is 0 Å². The van der Waals surface area contributed by atoms with E-state index in [1.54, 1.807) is 11.8 Å². The molecule has 0 aliphatic carbocycles. The quantitative estimate of drug-likeness (QED) is 0.792. The fourth-order valence-electron chi connectivity index (χ4n) is 3.01. The summed E-state index contributed by atoms with van der Waals surface area (Å²) in [5, 5.41) is 5.83. The Morgan fingerprint density at radius 2 is 2.04 bits per heavy atom. The van der Waals surface area contributed by atoms with Gasteiger partial charge in [0.1, 0.15) is 5.82 Å². The highest BCUT2D eigenvalue weighted by atomic mass is 32.2. The zero-order valence-electron chi connectivity index (χ0n) is 14.5. The third-order valence-corrected chi connectivity index (χ3v) is 5.02. The summed E-state index contributed by atoms with van der Waals surface area (Å²) in [7, 11) is 0. The fraction of sp³-hybridized carbons (Fsp3) is 0.368. The summed E-state index contributed by atoms with van der Waals surface area (Å²) in [5.74, 6) is 0.992. The number of thioether (sulfide) groups is 1. The summed E-state index contributed by atoms with van der Waals surface area (Å²) in [6, 6.07) is 11.6. The highest BCUT2D eigenvalue weighted by Gasteiger charge is 2.15. The minimum Gasteiger partial charge on any atom is -0.356 e. The molecule has 3 rings (SSSR count). The molecule has 0 unspecified atom stereocenters. The van der Waals surface area contributed by atoms with E-state index in [4.69, 9.17) is 0 Å². The number of carbonyl (C=O) groups excluding carboxylic acids is 1. The predicted octanol–water partition coefficient (Wildman–Crippen LogP) is 4.12. The first-order valence-electron chi connectivity index (χ1n) is 8.64. The number of hydrogen-bond donors (Lipinski definition) is 2. The zero-order valence-corrected chi connectivity index (χ0v) is 15.3. The van der Waals surface area contributed by atoms with Crippen LogP contribution in [-0.4, -0.2) is 30.4 Å². The lowest BCUT2D eigenvalue weighted by atomic mass is 10.1. The predicted molar refractivity (Wildman–Crippen MR) is 104 cm³/mol. The molecule has 2 heterocycles. The second-order valence-electron chi connectivity index (χ2n) is 6.07. The zero-order chi connectivity index (χ0) is 17.5. The van der Waals surface area contributed by atoms with Crippen molar-refractivity contribution in [1.29, 1.82) is 0 Å². The van der Waals surface area contributed by atoms with Crippen molar-refractivity contribution in [1.82, 2.24) is 10.3 Å². The number of piperidine rings is 1. The van der Waals surface area contributed by atoms with E-state index in [1.165, 1.54) is 19.3 Å². The molecule has 1 aliphatic heterocycles. The molecule has 1 aromatic carbocycles. The monoisotopic (exact) mass is 356 g/mol. The second kappa shape index (κ2) is 8.76. The van der Waals surface area contributed by atoms with Crippen molar-refractivity contribution in [3.8, 4) is 0 Å². The van der Waals surface area contributed by atoms with E-state index < -0.39 is 0 Å². The number of nitrogens with zero attached hydrogens (tertiary/aromatic N) is 2. The summed E-state index contributed by atoms with van der Waals surface area (Å²) in [5.41, 5.74) is 1.85. The first-order chi connectivity index (χ1) is 12.3. The van der Waals surface area contributed by atoms with Crippen LogP contribution >= 0.6 is 11.8 Å². The second-order valence-corrected chi connectivity index (χ2v) is 6.95. The smallest absolute Gasteiger partial charge is 0.319 e. The van der Waals surface area contributed by atoms with Gasteiger partial charge in [0.15, 0.2) is 0 Å². The Morgan fingerprint density at radius 3 is 2.84 bits per heavy atom. The number of hydrogen-bond acceptors (Lipinski definition) is 4. The summed E-state index contributed by atoms with van der Waals surface area (Å²) in [6.45, 7) is 2.54. The van der Waals surface area contributed by atoms with Crippen molar-refractivity contribution in [2.45, 2.75) is 30.7 Å². The number of rotatable bonds is 5. The number of anilines is 2. The minimum absolute atomic E-state index is 0.202. The molecule has 2 amide bonds. The van der Waals surface area contributed by atoms with Gasteiger partial charge < -0.3 is 15.5 Å². The van der Waals surface area contributed by atoms with Crippen LogP contribution in [0, 0.1) is 0 Å². The van der Waals surface area contributed by atoms with Gasteiger partial charge in [0.25, 0.3) is 0 Å². The molecule has 2 N–H and O–H groups in total. The Bertz CT molecular complexity index is 716. The molecule has 1 saturated heterocycles. The van der Waals surface area contributed by atoms with Crippen LogP contribution in [0.4, 0.5) is 16.3 Å². The van der Waals surface area contributed by atoms with Crippen LogP contribution in [0.15, 0.2) is 47.5 Å². The van der Waals surface area contributed by atoms with E-state index >= 15 is 0 Å². The van der Waals surface area contributed by atoms with Crippen LogP contribution in [0.3, 0.4) is 0 Å². The summed E-state index contributed by atoms with van der Waals surface area (Å²) in [6.07, 6.45) is 7.53. The minimum atomic E-state index is -0.202. The maximum Gasteiger partial charge on any atom is 0.319 e. The molecule has 6 heteroatoms. The number of benzene rings is 1. The molecular formula is C19H24N4OS. The average molecular weight is 356 g/mol. The van der Waals surface area contributed by atoms with E-state index in [2.05, 4.69) is 20.5 Å². The first kappa shape index (κ1) is 17.6. The number of urea groups is 1. The van der Waals surface area contributed by atoms with Crippen molar-refractivity contribution in [3.63, 3.8) is 0 Å². The van der Waals surface area contributed by atoms with Gasteiger partial charge in [-0.05, 0) is 49.8 Å².